The van der Waals surface area contributed by atoms with Crippen LogP contribution in [0.25, 0.3) is 0 Å². The van der Waals surface area contributed by atoms with Crippen molar-refractivity contribution in [3.8, 4) is 0 Å². The largest absolute Gasteiger partial charge is 0.264 e. The molecule has 2 aromatic heterocycles. The lowest BCUT2D eigenvalue weighted by atomic mass is 9.72. The maximum atomic E-state index is 4.61. The smallest absolute Gasteiger partial charge is 0.0459 e. The van der Waals surface area contributed by atoms with Crippen LogP contribution in [0.3, 0.4) is 0 Å². The van der Waals surface area contributed by atoms with E-state index in [0.29, 0.717) is 0 Å². The van der Waals surface area contributed by atoms with Gasteiger partial charge in [-0.1, -0.05) is 75.3 Å². The number of rotatable bonds is 5. The maximum absolute atomic E-state index is 4.61. The first-order chi connectivity index (χ1) is 12.6. The van der Waals surface area contributed by atoms with E-state index < -0.39 is 0 Å². The summed E-state index contributed by atoms with van der Waals surface area (Å²) in [5.74, 6) is 0. The van der Waals surface area contributed by atoms with Crippen LogP contribution in [0.15, 0.2) is 36.8 Å². The summed E-state index contributed by atoms with van der Waals surface area (Å²) in [6.07, 6.45) is 8.26. The molecule has 2 nitrogen and oxygen atoms in total. The van der Waals surface area contributed by atoms with E-state index in [9.17, 15) is 0 Å². The van der Waals surface area contributed by atoms with Crippen LogP contribution in [-0.2, 0) is 21.7 Å². The summed E-state index contributed by atoms with van der Waals surface area (Å²) in [6.45, 7) is 22.8. The zero-order valence-electron chi connectivity index (χ0n) is 19.8. The highest BCUT2D eigenvalue weighted by molar-refractivity contribution is 5.30. The molecule has 0 saturated carbocycles. The van der Waals surface area contributed by atoms with E-state index in [-0.39, 0.29) is 21.7 Å². The van der Waals surface area contributed by atoms with Crippen LogP contribution < -0.4 is 0 Å². The van der Waals surface area contributed by atoms with Crippen LogP contribution in [0.1, 0.15) is 104 Å². The maximum Gasteiger partial charge on any atom is 0.0459 e. The van der Waals surface area contributed by atoms with E-state index in [1.165, 1.54) is 22.4 Å². The van der Waals surface area contributed by atoms with Crippen molar-refractivity contribution < 1.29 is 0 Å². The van der Waals surface area contributed by atoms with Gasteiger partial charge >= 0.3 is 0 Å². The first kappa shape index (κ1) is 22.6. The second-order valence-electron chi connectivity index (χ2n) is 11.7. The Hall–Kier alpha value is -1.70. The molecule has 2 heteroatoms. The molecule has 0 radical (unpaired) electrons. The van der Waals surface area contributed by atoms with Gasteiger partial charge in [0.25, 0.3) is 0 Å². The first-order valence-corrected chi connectivity index (χ1v) is 10.6. The summed E-state index contributed by atoms with van der Waals surface area (Å²) in [5, 5.41) is 0. The summed E-state index contributed by atoms with van der Waals surface area (Å²) in [5.41, 5.74) is 5.58. The third-order valence-electron chi connectivity index (χ3n) is 6.07. The van der Waals surface area contributed by atoms with Gasteiger partial charge in [0.1, 0.15) is 0 Å². The molecule has 2 aromatic rings. The molecule has 0 N–H and O–H groups in total. The third-order valence-corrected chi connectivity index (χ3v) is 6.07. The van der Waals surface area contributed by atoms with Gasteiger partial charge in [-0.05, 0) is 57.9 Å². The van der Waals surface area contributed by atoms with Crippen LogP contribution in [0.5, 0.6) is 0 Å². The molecule has 28 heavy (non-hydrogen) atoms. The van der Waals surface area contributed by atoms with Gasteiger partial charge in [0.2, 0.25) is 0 Å². The zero-order chi connectivity index (χ0) is 21.4. The number of hydrogen-bond donors (Lipinski definition) is 0. The number of aromatic nitrogens is 2. The molecular formula is C26H40N2. The molecular weight excluding hydrogens is 340 g/mol. The highest BCUT2D eigenvalue weighted by atomic mass is 14.7. The van der Waals surface area contributed by atoms with Crippen LogP contribution in [-0.4, -0.2) is 9.97 Å². The van der Waals surface area contributed by atoms with Crippen LogP contribution >= 0.6 is 0 Å². The van der Waals surface area contributed by atoms with Crippen molar-refractivity contribution in [2.24, 2.45) is 0 Å². The molecule has 0 amide bonds. The molecule has 0 fully saturated rings. The highest BCUT2D eigenvalue weighted by Crippen LogP contribution is 2.37. The standard InChI is InChI=1S/C26H40N2/c1-23(2,3)20-15-21(18-27-17-20)26(9,10)13-12-25(7,8)19-11-14-28-22(16-19)24(4,5)6/h11,14-18H,12-13H2,1-10H3. The predicted molar refractivity (Wildman–Crippen MR) is 121 cm³/mol. The Kier molecular flexibility index (Phi) is 6.14. The topological polar surface area (TPSA) is 25.8 Å². The summed E-state index contributed by atoms with van der Waals surface area (Å²) >= 11 is 0. The molecule has 0 bridgehead atoms. The van der Waals surface area contributed by atoms with Crippen molar-refractivity contribution in [3.05, 3.63) is 59.2 Å². The van der Waals surface area contributed by atoms with Gasteiger partial charge in [-0.3, -0.25) is 9.97 Å². The molecule has 0 aliphatic carbocycles. The van der Waals surface area contributed by atoms with E-state index in [0.717, 1.165) is 12.8 Å². The van der Waals surface area contributed by atoms with Crippen LogP contribution in [0.2, 0.25) is 0 Å². The van der Waals surface area contributed by atoms with Crippen LogP contribution in [0.4, 0.5) is 0 Å². The van der Waals surface area contributed by atoms with E-state index >= 15 is 0 Å². The first-order valence-electron chi connectivity index (χ1n) is 10.6. The number of nitrogens with zero attached hydrogens (tertiary/aromatic N) is 2. The van der Waals surface area contributed by atoms with Gasteiger partial charge in [-0.25, -0.2) is 0 Å². The molecule has 0 aromatic carbocycles. The van der Waals surface area contributed by atoms with Gasteiger partial charge in [-0.15, -0.1) is 0 Å². The molecule has 0 atom stereocenters. The second-order valence-corrected chi connectivity index (χ2v) is 11.7. The summed E-state index contributed by atoms with van der Waals surface area (Å²) < 4.78 is 0. The fourth-order valence-electron chi connectivity index (χ4n) is 3.40. The molecule has 154 valence electrons. The Labute approximate surface area is 173 Å². The van der Waals surface area contributed by atoms with E-state index in [4.69, 9.17) is 0 Å². The number of hydrogen-bond acceptors (Lipinski definition) is 2. The van der Waals surface area contributed by atoms with Crippen molar-refractivity contribution in [2.75, 3.05) is 0 Å². The molecule has 2 rings (SSSR count). The van der Waals surface area contributed by atoms with Crippen molar-refractivity contribution in [1.82, 2.24) is 9.97 Å². The highest BCUT2D eigenvalue weighted by Gasteiger charge is 2.29. The zero-order valence-corrected chi connectivity index (χ0v) is 19.8. The van der Waals surface area contributed by atoms with Gasteiger partial charge in [-0.2, -0.15) is 0 Å². The average Bonchev–Trinajstić information content (AvgIpc) is 2.59. The molecule has 0 aliphatic rings. The molecule has 0 unspecified atom stereocenters. The Bertz CT molecular complexity index is 732. The Morgan fingerprint density at radius 3 is 1.71 bits per heavy atom. The van der Waals surface area contributed by atoms with Gasteiger partial charge in [0, 0.05) is 29.7 Å². The average molecular weight is 381 g/mol. The third kappa shape index (κ3) is 5.43. The minimum absolute atomic E-state index is 0.0738. The van der Waals surface area contributed by atoms with Crippen molar-refractivity contribution in [2.45, 2.75) is 104 Å². The Morgan fingerprint density at radius 2 is 1.18 bits per heavy atom. The Balaban J connectivity index is 2.22. The van der Waals surface area contributed by atoms with E-state index in [1.54, 1.807) is 0 Å². The fourth-order valence-corrected chi connectivity index (χ4v) is 3.40. The lowest BCUT2D eigenvalue weighted by Gasteiger charge is -2.33. The van der Waals surface area contributed by atoms with Gasteiger partial charge < -0.3 is 0 Å². The molecule has 2 heterocycles. The molecule has 0 saturated heterocycles. The minimum Gasteiger partial charge on any atom is -0.264 e. The van der Waals surface area contributed by atoms with Crippen molar-refractivity contribution in [1.29, 1.82) is 0 Å². The Morgan fingerprint density at radius 1 is 0.643 bits per heavy atom. The monoisotopic (exact) mass is 380 g/mol. The normalized spacial score (nSPS) is 13.6. The van der Waals surface area contributed by atoms with Crippen molar-refractivity contribution >= 4 is 0 Å². The van der Waals surface area contributed by atoms with Crippen LogP contribution in [0, 0.1) is 0 Å². The molecule has 0 aliphatic heterocycles. The summed E-state index contributed by atoms with van der Waals surface area (Å²) in [7, 11) is 0. The molecule has 0 spiro atoms. The van der Waals surface area contributed by atoms with Gasteiger partial charge in [0.15, 0.2) is 0 Å². The second kappa shape index (κ2) is 7.61. The quantitative estimate of drug-likeness (QED) is 0.552. The van der Waals surface area contributed by atoms with E-state index in [1.807, 2.05) is 18.6 Å². The minimum atomic E-state index is 0.0738. The predicted octanol–water partition coefficient (Wildman–Crippen LogP) is 7.11. The SMILES string of the molecule is CC(C)(C)c1cncc(C(C)(C)CCC(C)(C)c2ccnc(C(C)(C)C)c2)c1. The lowest BCUT2D eigenvalue weighted by Crippen LogP contribution is -2.26. The number of pyridine rings is 2. The summed E-state index contributed by atoms with van der Waals surface area (Å²) in [6, 6.07) is 6.84. The van der Waals surface area contributed by atoms with Crippen molar-refractivity contribution in [3.63, 3.8) is 0 Å². The summed E-state index contributed by atoms with van der Waals surface area (Å²) in [4.78, 5) is 9.16. The van der Waals surface area contributed by atoms with Gasteiger partial charge in [0.05, 0.1) is 0 Å². The van der Waals surface area contributed by atoms with E-state index in [2.05, 4.69) is 97.4 Å². The lowest BCUT2D eigenvalue weighted by molar-refractivity contribution is 0.372. The fraction of sp³-hybridized carbons (Fsp3) is 0.615.